The summed E-state index contributed by atoms with van der Waals surface area (Å²) in [6, 6.07) is 10.2. The van der Waals surface area contributed by atoms with E-state index in [-0.39, 0.29) is 6.04 Å². The van der Waals surface area contributed by atoms with Crippen LogP contribution in [-0.2, 0) is 6.42 Å². The third-order valence-electron chi connectivity index (χ3n) is 5.02. The number of nitrogens with zero attached hydrogens (tertiary/aromatic N) is 1. The lowest BCUT2D eigenvalue weighted by atomic mass is 9.89. The van der Waals surface area contributed by atoms with Crippen molar-refractivity contribution in [2.24, 2.45) is 0 Å². The Kier molecular flexibility index (Phi) is 6.65. The maximum absolute atomic E-state index is 5.91. The third kappa shape index (κ3) is 4.34. The van der Waals surface area contributed by atoms with Gasteiger partial charge < -0.3 is 29.2 Å². The highest BCUT2D eigenvalue weighted by Crippen LogP contribution is 2.41. The minimum absolute atomic E-state index is 0.0225. The Balaban J connectivity index is 1.92. The van der Waals surface area contributed by atoms with E-state index in [0.717, 1.165) is 36.6 Å². The number of nitrogens with one attached hydrogen (secondary N) is 1. The average molecular weight is 386 g/mol. The minimum Gasteiger partial charge on any atom is -0.496 e. The van der Waals surface area contributed by atoms with Crippen LogP contribution in [0, 0.1) is 0 Å². The quantitative estimate of drug-likeness (QED) is 0.753. The first kappa shape index (κ1) is 20.3. The summed E-state index contributed by atoms with van der Waals surface area (Å²) in [5.74, 6) is 3.04. The van der Waals surface area contributed by atoms with Gasteiger partial charge in [0.2, 0.25) is 0 Å². The Bertz CT molecular complexity index is 807. The Labute approximate surface area is 167 Å². The van der Waals surface area contributed by atoms with E-state index >= 15 is 0 Å². The van der Waals surface area contributed by atoms with E-state index in [1.165, 1.54) is 11.1 Å². The molecule has 0 spiro atoms. The van der Waals surface area contributed by atoms with E-state index in [4.69, 9.17) is 18.9 Å². The third-order valence-corrected chi connectivity index (χ3v) is 5.02. The van der Waals surface area contributed by atoms with Crippen molar-refractivity contribution >= 4 is 0 Å². The summed E-state index contributed by atoms with van der Waals surface area (Å²) in [5, 5.41) is 3.61. The van der Waals surface area contributed by atoms with E-state index in [9.17, 15) is 0 Å². The van der Waals surface area contributed by atoms with Crippen LogP contribution in [0.5, 0.6) is 23.0 Å². The van der Waals surface area contributed by atoms with Crippen LogP contribution in [0.15, 0.2) is 30.3 Å². The molecule has 0 saturated carbocycles. The van der Waals surface area contributed by atoms with E-state index in [2.05, 4.69) is 22.3 Å². The van der Waals surface area contributed by atoms with Crippen LogP contribution in [0.3, 0.4) is 0 Å². The van der Waals surface area contributed by atoms with Crippen LogP contribution < -0.4 is 24.3 Å². The van der Waals surface area contributed by atoms with Crippen LogP contribution in [0.1, 0.15) is 22.7 Å². The highest BCUT2D eigenvalue weighted by molar-refractivity contribution is 5.55. The molecule has 28 heavy (non-hydrogen) atoms. The van der Waals surface area contributed by atoms with E-state index in [1.54, 1.807) is 21.3 Å². The van der Waals surface area contributed by atoms with Crippen molar-refractivity contribution in [3.8, 4) is 23.0 Å². The molecule has 0 saturated heterocycles. The monoisotopic (exact) mass is 386 g/mol. The van der Waals surface area contributed by atoms with Gasteiger partial charge in [-0.15, -0.1) is 0 Å². The zero-order chi connectivity index (χ0) is 20.1. The molecule has 0 bridgehead atoms. The fraction of sp³-hybridized carbons (Fsp3) is 0.455. The molecule has 0 fully saturated rings. The molecule has 1 unspecified atom stereocenters. The lowest BCUT2D eigenvalue weighted by molar-refractivity contribution is 0.261. The molecule has 0 aliphatic carbocycles. The molecule has 3 rings (SSSR count). The molecule has 6 nitrogen and oxygen atoms in total. The summed E-state index contributed by atoms with van der Waals surface area (Å²) in [6.45, 7) is 2.46. The van der Waals surface area contributed by atoms with E-state index in [0.29, 0.717) is 18.1 Å². The summed E-state index contributed by atoms with van der Waals surface area (Å²) in [5.41, 5.74) is 3.56. The van der Waals surface area contributed by atoms with Crippen molar-refractivity contribution in [1.29, 1.82) is 0 Å². The van der Waals surface area contributed by atoms with Gasteiger partial charge in [0.15, 0.2) is 11.5 Å². The van der Waals surface area contributed by atoms with Gasteiger partial charge in [-0.3, -0.25) is 0 Å². The number of likely N-dealkylation sites (N-methyl/N-ethyl adjacent to an activating group) is 1. The summed E-state index contributed by atoms with van der Waals surface area (Å²) >= 11 is 0. The predicted octanol–water partition coefficient (Wildman–Crippen LogP) is 2.89. The van der Waals surface area contributed by atoms with Crippen molar-refractivity contribution in [2.75, 3.05) is 55.1 Å². The van der Waals surface area contributed by atoms with Gasteiger partial charge in [-0.1, -0.05) is 6.07 Å². The van der Waals surface area contributed by atoms with Gasteiger partial charge in [-0.05, 0) is 49.8 Å². The lowest BCUT2D eigenvalue weighted by Gasteiger charge is -2.29. The topological polar surface area (TPSA) is 52.2 Å². The Morgan fingerprint density at radius 1 is 0.929 bits per heavy atom. The van der Waals surface area contributed by atoms with Gasteiger partial charge in [0, 0.05) is 24.7 Å². The molecular formula is C22H30N2O4. The number of fused-ring (bicyclic) bond motifs is 1. The molecule has 0 aromatic heterocycles. The van der Waals surface area contributed by atoms with Gasteiger partial charge in [0.1, 0.15) is 18.1 Å². The fourth-order valence-corrected chi connectivity index (χ4v) is 3.53. The van der Waals surface area contributed by atoms with Crippen LogP contribution in [0.4, 0.5) is 0 Å². The molecule has 1 aliphatic heterocycles. The average Bonchev–Trinajstić information content (AvgIpc) is 2.71. The first-order chi connectivity index (χ1) is 13.6. The molecule has 0 amide bonds. The second kappa shape index (κ2) is 9.17. The van der Waals surface area contributed by atoms with Crippen molar-refractivity contribution in [3.63, 3.8) is 0 Å². The molecule has 6 heteroatoms. The molecule has 1 aliphatic rings. The normalized spacial score (nSPS) is 15.9. The number of methoxy groups -OCH3 is 3. The molecule has 1 heterocycles. The van der Waals surface area contributed by atoms with E-state index < -0.39 is 0 Å². The van der Waals surface area contributed by atoms with Gasteiger partial charge in [0.05, 0.1) is 27.4 Å². The van der Waals surface area contributed by atoms with E-state index in [1.807, 2.05) is 32.3 Å². The van der Waals surface area contributed by atoms with Crippen molar-refractivity contribution < 1.29 is 18.9 Å². The van der Waals surface area contributed by atoms with Gasteiger partial charge in [-0.2, -0.15) is 0 Å². The first-order valence-electron chi connectivity index (χ1n) is 9.51. The molecule has 152 valence electrons. The minimum atomic E-state index is 0.0225. The lowest BCUT2D eigenvalue weighted by Crippen LogP contribution is -2.31. The molecule has 0 radical (unpaired) electrons. The van der Waals surface area contributed by atoms with Gasteiger partial charge in [0.25, 0.3) is 0 Å². The van der Waals surface area contributed by atoms with Crippen molar-refractivity contribution in [2.45, 2.75) is 12.5 Å². The number of benzene rings is 2. The number of hydrogen-bond acceptors (Lipinski definition) is 6. The van der Waals surface area contributed by atoms with Gasteiger partial charge >= 0.3 is 0 Å². The zero-order valence-electron chi connectivity index (χ0n) is 17.4. The van der Waals surface area contributed by atoms with Crippen LogP contribution in [0.25, 0.3) is 0 Å². The summed E-state index contributed by atoms with van der Waals surface area (Å²) in [7, 11) is 9.04. The molecule has 1 N–H and O–H groups in total. The van der Waals surface area contributed by atoms with Crippen molar-refractivity contribution in [3.05, 3.63) is 47.0 Å². The second-order valence-corrected chi connectivity index (χ2v) is 7.10. The fourth-order valence-electron chi connectivity index (χ4n) is 3.53. The Morgan fingerprint density at radius 3 is 2.32 bits per heavy atom. The zero-order valence-corrected chi connectivity index (χ0v) is 17.4. The maximum atomic E-state index is 5.91. The highest BCUT2D eigenvalue weighted by Gasteiger charge is 2.26. The summed E-state index contributed by atoms with van der Waals surface area (Å²) in [6.07, 6.45) is 0.965. The standard InChI is InChI=1S/C22H30N2O4/c1-24(2)10-11-28-16-6-7-17-15(12-16)8-9-23-22(17)18-13-20(26-4)21(27-5)14-19(18)25-3/h6-7,12-14,22-23H,8-11H2,1-5H3. The molecular weight excluding hydrogens is 356 g/mol. The smallest absolute Gasteiger partial charge is 0.164 e. The maximum Gasteiger partial charge on any atom is 0.164 e. The van der Waals surface area contributed by atoms with Gasteiger partial charge in [-0.25, -0.2) is 0 Å². The number of rotatable bonds is 8. The summed E-state index contributed by atoms with van der Waals surface area (Å²) < 4.78 is 22.5. The largest absolute Gasteiger partial charge is 0.496 e. The summed E-state index contributed by atoms with van der Waals surface area (Å²) in [4.78, 5) is 2.11. The molecule has 2 aromatic carbocycles. The molecule has 2 aromatic rings. The first-order valence-corrected chi connectivity index (χ1v) is 9.51. The van der Waals surface area contributed by atoms with Crippen molar-refractivity contribution in [1.82, 2.24) is 10.2 Å². The van der Waals surface area contributed by atoms with Crippen LogP contribution in [0.2, 0.25) is 0 Å². The number of ether oxygens (including phenoxy) is 4. The predicted molar refractivity (Wildman–Crippen MR) is 110 cm³/mol. The van der Waals surface area contributed by atoms with Crippen LogP contribution >= 0.6 is 0 Å². The molecule has 1 atom stereocenters. The Morgan fingerprint density at radius 2 is 1.64 bits per heavy atom. The number of hydrogen-bond donors (Lipinski definition) is 1. The highest BCUT2D eigenvalue weighted by atomic mass is 16.5. The Hall–Kier alpha value is -2.44. The SMILES string of the molecule is COc1cc(OC)c(C2NCCc3cc(OCCN(C)C)ccc32)cc1OC. The second-order valence-electron chi connectivity index (χ2n) is 7.10. The van der Waals surface area contributed by atoms with Crippen LogP contribution in [-0.4, -0.2) is 60.0 Å².